The average Bonchev–Trinajstić information content (AvgIpc) is 2.90. The first-order valence-electron chi connectivity index (χ1n) is 8.71. The molecule has 1 N–H and O–H groups in total. The van der Waals surface area contributed by atoms with E-state index in [0.29, 0.717) is 17.9 Å². The molecule has 1 aliphatic rings. The Kier molecular flexibility index (Phi) is 5.66. The molecule has 0 unspecified atom stereocenters. The Morgan fingerprint density at radius 1 is 1.27 bits per heavy atom. The number of furan rings is 1. The third kappa shape index (κ3) is 4.28. The van der Waals surface area contributed by atoms with Crippen molar-refractivity contribution in [3.05, 3.63) is 47.0 Å². The zero-order valence-corrected chi connectivity index (χ0v) is 15.2. The van der Waals surface area contributed by atoms with Crippen molar-refractivity contribution in [2.24, 2.45) is 0 Å². The molecule has 7 nitrogen and oxygen atoms in total. The molecule has 2 aromatic heterocycles. The van der Waals surface area contributed by atoms with E-state index >= 15 is 0 Å². The van der Waals surface area contributed by atoms with Gasteiger partial charge in [-0.05, 0) is 26.0 Å². The number of carbonyl (C=O) groups is 1. The summed E-state index contributed by atoms with van der Waals surface area (Å²) in [5.74, 6) is 0.745. The summed E-state index contributed by atoms with van der Waals surface area (Å²) in [5, 5.41) is 11.9. The molecule has 0 atom stereocenters. The second-order valence-corrected chi connectivity index (χ2v) is 6.52. The van der Waals surface area contributed by atoms with Gasteiger partial charge >= 0.3 is 0 Å². The molecular weight excluding hydrogens is 330 g/mol. The molecule has 0 spiro atoms. The van der Waals surface area contributed by atoms with Crippen molar-refractivity contribution in [2.45, 2.75) is 20.4 Å². The molecule has 0 bridgehead atoms. The number of nitrogens with zero attached hydrogens (tertiary/aromatic N) is 4. The minimum atomic E-state index is -0.159. The molecule has 1 amide bonds. The largest absolute Gasteiger partial charge is 0.444 e. The lowest BCUT2D eigenvalue weighted by Crippen LogP contribution is -2.48. The van der Waals surface area contributed by atoms with Crippen molar-refractivity contribution in [3.63, 3.8) is 0 Å². The Morgan fingerprint density at radius 3 is 2.65 bits per heavy atom. The van der Waals surface area contributed by atoms with Crippen LogP contribution >= 0.6 is 0 Å². The van der Waals surface area contributed by atoms with Gasteiger partial charge in [-0.1, -0.05) is 6.07 Å². The quantitative estimate of drug-likeness (QED) is 0.884. The number of piperazine rings is 1. The summed E-state index contributed by atoms with van der Waals surface area (Å²) in [6.07, 6.45) is 1.81. The predicted molar refractivity (Wildman–Crippen MR) is 97.5 cm³/mol. The Balaban J connectivity index is 1.48. The lowest BCUT2D eigenvalue weighted by atomic mass is 10.2. The van der Waals surface area contributed by atoms with Crippen molar-refractivity contribution in [2.75, 3.05) is 38.0 Å². The van der Waals surface area contributed by atoms with E-state index in [1.807, 2.05) is 31.3 Å². The van der Waals surface area contributed by atoms with Crippen LogP contribution in [0.3, 0.4) is 0 Å². The lowest BCUT2D eigenvalue weighted by molar-refractivity contribution is -0.117. The molecule has 1 aliphatic heterocycles. The summed E-state index contributed by atoms with van der Waals surface area (Å²) in [4.78, 5) is 21.1. The molecule has 1 fully saturated rings. The molecule has 3 heterocycles. The highest BCUT2D eigenvalue weighted by Gasteiger charge is 2.21. The second kappa shape index (κ2) is 8.13. The smallest absolute Gasteiger partial charge is 0.240 e. The molecule has 3 rings (SSSR count). The highest BCUT2D eigenvalue weighted by Crippen LogP contribution is 2.25. The van der Waals surface area contributed by atoms with E-state index in [4.69, 9.17) is 4.42 Å². The van der Waals surface area contributed by atoms with Gasteiger partial charge in [0.1, 0.15) is 17.4 Å². The van der Waals surface area contributed by atoms with E-state index in [-0.39, 0.29) is 11.8 Å². The van der Waals surface area contributed by atoms with Crippen molar-refractivity contribution >= 4 is 11.8 Å². The first-order valence-corrected chi connectivity index (χ1v) is 8.71. The molecule has 7 heteroatoms. The number of carbonyl (C=O) groups excluding carboxylic acids is 1. The maximum Gasteiger partial charge on any atom is 0.240 e. The van der Waals surface area contributed by atoms with Crippen LogP contribution in [0, 0.1) is 25.2 Å². The molecule has 0 aliphatic carbocycles. The van der Waals surface area contributed by atoms with Gasteiger partial charge in [-0.25, -0.2) is 0 Å². The van der Waals surface area contributed by atoms with Gasteiger partial charge in [0, 0.05) is 44.5 Å². The number of nitrogens with one attached hydrogen (secondary N) is 1. The molecule has 1 saturated heterocycles. The number of amides is 1. The average molecular weight is 353 g/mol. The van der Waals surface area contributed by atoms with Gasteiger partial charge in [0.25, 0.3) is 0 Å². The fourth-order valence-electron chi connectivity index (χ4n) is 3.05. The van der Waals surface area contributed by atoms with Crippen LogP contribution < -0.4 is 5.32 Å². The molecule has 0 aromatic carbocycles. The van der Waals surface area contributed by atoms with Gasteiger partial charge in [0.2, 0.25) is 11.8 Å². The number of aromatic nitrogens is 1. The third-order valence-corrected chi connectivity index (χ3v) is 4.69. The van der Waals surface area contributed by atoms with Crippen LogP contribution in [0.25, 0.3) is 0 Å². The minimum Gasteiger partial charge on any atom is -0.444 e. The number of hydrogen-bond donors (Lipinski definition) is 1. The SMILES string of the molecule is Cc1oc(NC(=O)CN2CCN(Cc3ccccn3)CC2)c(C#N)c1C. The van der Waals surface area contributed by atoms with Crippen LogP contribution in [0.4, 0.5) is 5.88 Å². The minimum absolute atomic E-state index is 0.159. The molecule has 0 radical (unpaired) electrons. The first kappa shape index (κ1) is 18.1. The number of hydrogen-bond acceptors (Lipinski definition) is 6. The van der Waals surface area contributed by atoms with E-state index in [1.54, 1.807) is 6.92 Å². The maximum absolute atomic E-state index is 12.3. The summed E-state index contributed by atoms with van der Waals surface area (Å²) in [6, 6.07) is 8.03. The van der Waals surface area contributed by atoms with Gasteiger partial charge < -0.3 is 4.42 Å². The fraction of sp³-hybridized carbons (Fsp3) is 0.421. The topological polar surface area (TPSA) is 85.4 Å². The van der Waals surface area contributed by atoms with E-state index in [1.165, 1.54) is 0 Å². The Hall–Kier alpha value is -2.69. The zero-order chi connectivity index (χ0) is 18.5. The highest BCUT2D eigenvalue weighted by molar-refractivity contribution is 5.92. The van der Waals surface area contributed by atoms with Crippen molar-refractivity contribution in [1.29, 1.82) is 5.26 Å². The van der Waals surface area contributed by atoms with Gasteiger partial charge in [0.15, 0.2) is 0 Å². The molecule has 0 saturated carbocycles. The van der Waals surface area contributed by atoms with Crippen LogP contribution in [0.1, 0.15) is 22.6 Å². The van der Waals surface area contributed by atoms with Gasteiger partial charge in [0.05, 0.1) is 12.2 Å². The summed E-state index contributed by atoms with van der Waals surface area (Å²) < 4.78 is 5.49. The van der Waals surface area contributed by atoms with Crippen molar-refractivity contribution < 1.29 is 9.21 Å². The molecule has 136 valence electrons. The summed E-state index contributed by atoms with van der Waals surface area (Å²) in [7, 11) is 0. The highest BCUT2D eigenvalue weighted by atomic mass is 16.4. The fourth-order valence-corrected chi connectivity index (χ4v) is 3.05. The third-order valence-electron chi connectivity index (χ3n) is 4.69. The summed E-state index contributed by atoms with van der Waals surface area (Å²) in [6.45, 7) is 8.15. The van der Waals surface area contributed by atoms with Gasteiger partial charge in [-0.15, -0.1) is 0 Å². The predicted octanol–water partition coefficient (Wildman–Crippen LogP) is 1.92. The monoisotopic (exact) mass is 353 g/mol. The molecule has 26 heavy (non-hydrogen) atoms. The Labute approximate surface area is 153 Å². The van der Waals surface area contributed by atoms with Crippen LogP contribution in [0.15, 0.2) is 28.8 Å². The zero-order valence-electron chi connectivity index (χ0n) is 15.2. The van der Waals surface area contributed by atoms with Crippen LogP contribution in [0.5, 0.6) is 0 Å². The summed E-state index contributed by atoms with van der Waals surface area (Å²) in [5.41, 5.74) is 2.23. The lowest BCUT2D eigenvalue weighted by Gasteiger charge is -2.33. The van der Waals surface area contributed by atoms with E-state index < -0.39 is 0 Å². The molecule has 2 aromatic rings. The normalized spacial score (nSPS) is 15.6. The number of pyridine rings is 1. The van der Waals surface area contributed by atoms with E-state index in [0.717, 1.165) is 44.0 Å². The van der Waals surface area contributed by atoms with Crippen molar-refractivity contribution in [3.8, 4) is 6.07 Å². The second-order valence-electron chi connectivity index (χ2n) is 6.52. The van der Waals surface area contributed by atoms with Gasteiger partial charge in [-0.3, -0.25) is 24.9 Å². The maximum atomic E-state index is 12.3. The van der Waals surface area contributed by atoms with Crippen LogP contribution in [0.2, 0.25) is 0 Å². The number of nitriles is 1. The van der Waals surface area contributed by atoms with Crippen LogP contribution in [-0.2, 0) is 11.3 Å². The number of anilines is 1. The first-order chi connectivity index (χ1) is 12.6. The van der Waals surface area contributed by atoms with Crippen LogP contribution in [-0.4, -0.2) is 53.4 Å². The van der Waals surface area contributed by atoms with Crippen molar-refractivity contribution in [1.82, 2.24) is 14.8 Å². The Bertz CT molecular complexity index is 801. The Morgan fingerprint density at radius 2 is 2.00 bits per heavy atom. The molecular formula is C19H23N5O2. The number of aryl methyl sites for hydroxylation is 1. The standard InChI is InChI=1S/C19H23N5O2/c1-14-15(2)26-19(17(14)11-20)22-18(25)13-24-9-7-23(8-10-24)12-16-5-3-4-6-21-16/h3-6H,7-10,12-13H2,1-2H3,(H,22,25). The van der Waals surface area contributed by atoms with E-state index in [2.05, 4.69) is 26.2 Å². The number of rotatable bonds is 5. The summed E-state index contributed by atoms with van der Waals surface area (Å²) >= 11 is 0. The van der Waals surface area contributed by atoms with E-state index in [9.17, 15) is 10.1 Å². The van der Waals surface area contributed by atoms with Gasteiger partial charge in [-0.2, -0.15) is 5.26 Å².